The van der Waals surface area contributed by atoms with E-state index in [0.717, 1.165) is 26.2 Å². The van der Waals surface area contributed by atoms with Crippen LogP contribution in [0.1, 0.15) is 0 Å². The quantitative estimate of drug-likeness (QED) is 0.582. The van der Waals surface area contributed by atoms with Crippen LogP contribution in [0.2, 0.25) is 0 Å². The molecule has 0 aromatic carbocycles. The summed E-state index contributed by atoms with van der Waals surface area (Å²) in [4.78, 5) is 0. The Labute approximate surface area is 75.2 Å². The van der Waals surface area contributed by atoms with E-state index in [2.05, 4.69) is 23.8 Å². The molecule has 1 fully saturated rings. The van der Waals surface area contributed by atoms with Gasteiger partial charge in [-0.05, 0) is 0 Å². The minimum atomic E-state index is 0. The first-order chi connectivity index (χ1) is 4.91. The van der Waals surface area contributed by atoms with Gasteiger partial charge in [-0.15, -0.1) is 12.4 Å². The Kier molecular flexibility index (Phi) is 15.0. The van der Waals surface area contributed by atoms with Crippen molar-refractivity contribution in [3.05, 3.63) is 25.3 Å². The molecule has 0 unspecified atom stereocenters. The molecule has 0 atom stereocenters. The molecule has 0 saturated carbocycles. The molecule has 0 amide bonds. The molecule has 3 heteroatoms. The van der Waals surface area contributed by atoms with Crippen molar-refractivity contribution >= 4 is 12.4 Å². The highest BCUT2D eigenvalue weighted by molar-refractivity contribution is 5.85. The topological polar surface area (TPSA) is 24.1 Å². The van der Waals surface area contributed by atoms with E-state index in [1.165, 1.54) is 0 Å². The van der Waals surface area contributed by atoms with E-state index in [4.69, 9.17) is 0 Å². The summed E-state index contributed by atoms with van der Waals surface area (Å²) in [6, 6.07) is 0. The van der Waals surface area contributed by atoms with Gasteiger partial charge in [-0.3, -0.25) is 0 Å². The van der Waals surface area contributed by atoms with Crippen molar-refractivity contribution in [3.63, 3.8) is 0 Å². The summed E-state index contributed by atoms with van der Waals surface area (Å²) in [6.07, 6.45) is 3.28. The summed E-state index contributed by atoms with van der Waals surface area (Å²) in [7, 11) is 0. The fraction of sp³-hybridized carbons (Fsp3) is 0.500. The highest BCUT2D eigenvalue weighted by atomic mass is 35.5. The number of hydrogen-bond acceptors (Lipinski definition) is 2. The van der Waals surface area contributed by atoms with Gasteiger partial charge in [0, 0.05) is 26.2 Å². The van der Waals surface area contributed by atoms with Crippen molar-refractivity contribution in [2.75, 3.05) is 26.2 Å². The number of allylic oxidation sites excluding steroid dienone is 2. The van der Waals surface area contributed by atoms with Crippen LogP contribution in [-0.4, -0.2) is 26.2 Å². The van der Waals surface area contributed by atoms with Crippen LogP contribution in [0.4, 0.5) is 0 Å². The lowest BCUT2D eigenvalue weighted by Crippen LogP contribution is -2.39. The van der Waals surface area contributed by atoms with Crippen LogP contribution < -0.4 is 10.6 Å². The third kappa shape index (κ3) is 12.8. The molecule has 2 N–H and O–H groups in total. The third-order valence-corrected chi connectivity index (χ3v) is 1.12. The largest absolute Gasteiger partial charge is 0.314 e. The smallest absolute Gasteiger partial charge is 0.00772 e. The molecule has 1 heterocycles. The Morgan fingerprint density at radius 2 is 1.09 bits per heavy atom. The second-order valence-corrected chi connectivity index (χ2v) is 1.97. The highest BCUT2D eigenvalue weighted by Crippen LogP contribution is 1.65. The van der Waals surface area contributed by atoms with Gasteiger partial charge in [0.2, 0.25) is 0 Å². The lowest BCUT2D eigenvalue weighted by Gasteiger charge is -2.11. The molecular formula is C8H17ClN2. The van der Waals surface area contributed by atoms with Crippen molar-refractivity contribution in [1.82, 2.24) is 10.6 Å². The van der Waals surface area contributed by atoms with Crippen LogP contribution in [0.5, 0.6) is 0 Å². The lowest BCUT2D eigenvalue weighted by atomic mass is 10.4. The van der Waals surface area contributed by atoms with Crippen LogP contribution >= 0.6 is 12.4 Å². The monoisotopic (exact) mass is 176 g/mol. The lowest BCUT2D eigenvalue weighted by molar-refractivity contribution is 0.534. The molecule has 1 saturated heterocycles. The molecule has 0 aromatic heterocycles. The first-order valence-electron chi connectivity index (χ1n) is 3.56. The van der Waals surface area contributed by atoms with Crippen molar-refractivity contribution in [1.29, 1.82) is 0 Å². The van der Waals surface area contributed by atoms with E-state index in [9.17, 15) is 0 Å². The Hall–Kier alpha value is -0.310. The van der Waals surface area contributed by atoms with Crippen LogP contribution in [-0.2, 0) is 0 Å². The maximum absolute atomic E-state index is 3.36. The normalized spacial score (nSPS) is 14.9. The molecule has 0 bridgehead atoms. The van der Waals surface area contributed by atoms with Gasteiger partial charge in [0.25, 0.3) is 0 Å². The molecule has 0 aliphatic carbocycles. The standard InChI is InChI=1S/C4H10N2.C4H6.ClH/c1-2-6-4-3-5-1;1-3-4-2;/h5-6H,1-4H2;3-4H,1-2H2;1H. The third-order valence-electron chi connectivity index (χ3n) is 1.12. The highest BCUT2D eigenvalue weighted by Gasteiger charge is 1.91. The Morgan fingerprint density at radius 3 is 1.18 bits per heavy atom. The zero-order valence-corrected chi connectivity index (χ0v) is 7.62. The Balaban J connectivity index is 0. The van der Waals surface area contributed by atoms with Crippen LogP contribution in [0.15, 0.2) is 25.3 Å². The predicted molar refractivity (Wildman–Crippen MR) is 53.4 cm³/mol. The second kappa shape index (κ2) is 12.4. The van der Waals surface area contributed by atoms with E-state index < -0.39 is 0 Å². The predicted octanol–water partition coefficient (Wildman–Crippen LogP) is 0.959. The van der Waals surface area contributed by atoms with Gasteiger partial charge >= 0.3 is 0 Å². The molecule has 66 valence electrons. The van der Waals surface area contributed by atoms with E-state index >= 15 is 0 Å². The number of hydrogen-bond donors (Lipinski definition) is 2. The van der Waals surface area contributed by atoms with Gasteiger partial charge in [-0.2, -0.15) is 0 Å². The van der Waals surface area contributed by atoms with Gasteiger partial charge in [0.05, 0.1) is 0 Å². The van der Waals surface area contributed by atoms with Gasteiger partial charge in [0.15, 0.2) is 0 Å². The summed E-state index contributed by atoms with van der Waals surface area (Å²) >= 11 is 0. The summed E-state index contributed by atoms with van der Waals surface area (Å²) in [5.74, 6) is 0. The molecule has 0 radical (unpaired) electrons. The average Bonchev–Trinajstić information content (AvgIpc) is 2.08. The van der Waals surface area contributed by atoms with Crippen molar-refractivity contribution in [2.24, 2.45) is 0 Å². The van der Waals surface area contributed by atoms with Crippen LogP contribution in [0, 0.1) is 0 Å². The molecular weight excluding hydrogens is 160 g/mol. The summed E-state index contributed by atoms with van der Waals surface area (Å²) < 4.78 is 0. The molecule has 0 spiro atoms. The van der Waals surface area contributed by atoms with E-state index in [-0.39, 0.29) is 12.4 Å². The molecule has 0 aromatic rings. The first-order valence-corrected chi connectivity index (χ1v) is 3.56. The molecule has 1 aliphatic rings. The number of piperazine rings is 1. The second-order valence-electron chi connectivity index (χ2n) is 1.97. The molecule has 1 rings (SSSR count). The summed E-state index contributed by atoms with van der Waals surface area (Å²) in [6.45, 7) is 11.3. The first kappa shape index (κ1) is 13.3. The number of nitrogens with one attached hydrogen (secondary N) is 2. The average molecular weight is 177 g/mol. The van der Waals surface area contributed by atoms with Crippen molar-refractivity contribution in [2.45, 2.75) is 0 Å². The minimum absolute atomic E-state index is 0. The zero-order chi connectivity index (χ0) is 7.66. The van der Waals surface area contributed by atoms with Crippen LogP contribution in [0.3, 0.4) is 0 Å². The fourth-order valence-corrected chi connectivity index (χ4v) is 0.604. The van der Waals surface area contributed by atoms with E-state index in [1.807, 2.05) is 0 Å². The SMILES string of the molecule is C1CNCCN1.C=CC=C.Cl. The summed E-state index contributed by atoms with van der Waals surface area (Å²) in [5, 5.41) is 6.44. The molecule has 1 aliphatic heterocycles. The van der Waals surface area contributed by atoms with Gasteiger partial charge in [-0.1, -0.05) is 25.3 Å². The van der Waals surface area contributed by atoms with Gasteiger partial charge in [0.1, 0.15) is 0 Å². The molecule has 11 heavy (non-hydrogen) atoms. The van der Waals surface area contributed by atoms with E-state index in [0.29, 0.717) is 0 Å². The zero-order valence-electron chi connectivity index (χ0n) is 6.81. The fourth-order valence-electron chi connectivity index (χ4n) is 0.604. The maximum Gasteiger partial charge on any atom is 0.00772 e. The van der Waals surface area contributed by atoms with E-state index in [1.54, 1.807) is 12.2 Å². The van der Waals surface area contributed by atoms with Gasteiger partial charge in [-0.25, -0.2) is 0 Å². The summed E-state index contributed by atoms with van der Waals surface area (Å²) in [5.41, 5.74) is 0. The molecule has 2 nitrogen and oxygen atoms in total. The van der Waals surface area contributed by atoms with Crippen LogP contribution in [0.25, 0.3) is 0 Å². The maximum atomic E-state index is 3.36. The Morgan fingerprint density at radius 1 is 0.818 bits per heavy atom. The number of halogens is 1. The van der Waals surface area contributed by atoms with Crippen molar-refractivity contribution < 1.29 is 0 Å². The Bertz CT molecular complexity index is 72.6. The number of rotatable bonds is 1. The minimum Gasteiger partial charge on any atom is -0.314 e. The van der Waals surface area contributed by atoms with Crippen molar-refractivity contribution in [3.8, 4) is 0 Å². The van der Waals surface area contributed by atoms with Gasteiger partial charge < -0.3 is 10.6 Å².